The molecule has 17 heavy (non-hydrogen) atoms. The van der Waals surface area contributed by atoms with Gasteiger partial charge in [-0.25, -0.2) is 0 Å². The molecule has 94 valence electrons. The summed E-state index contributed by atoms with van der Waals surface area (Å²) in [4.78, 5) is 2.44. The summed E-state index contributed by atoms with van der Waals surface area (Å²) < 4.78 is 5.35. The van der Waals surface area contributed by atoms with Gasteiger partial charge in [-0.15, -0.1) is 0 Å². The number of nitrogens with two attached hydrogens (primary N) is 1. The molecule has 1 heterocycles. The maximum atomic E-state index is 5.74. The molecular weight excluding hydrogens is 212 g/mol. The number of methoxy groups -OCH3 is 1. The molecule has 1 unspecified atom stereocenters. The maximum Gasteiger partial charge on any atom is 0.122 e. The number of ether oxygens (including phenoxy) is 1. The van der Waals surface area contributed by atoms with E-state index in [2.05, 4.69) is 30.9 Å². The number of benzene rings is 1. The van der Waals surface area contributed by atoms with E-state index in [1.807, 2.05) is 0 Å². The van der Waals surface area contributed by atoms with Crippen molar-refractivity contribution < 1.29 is 4.74 Å². The van der Waals surface area contributed by atoms with Crippen molar-refractivity contribution in [3.05, 3.63) is 23.3 Å². The molecule has 0 aliphatic carbocycles. The molecule has 0 radical (unpaired) electrons. The number of nitrogens with zero attached hydrogens (tertiary/aromatic N) is 1. The van der Waals surface area contributed by atoms with Crippen LogP contribution in [-0.4, -0.2) is 26.7 Å². The standard InChI is InChI=1S/C14H22N2O/c1-10-7-14(17-3)11(2)6-13(10)16-5-4-12(8-15)9-16/h6-7,12H,4-5,8-9,15H2,1-3H3. The van der Waals surface area contributed by atoms with Crippen LogP contribution < -0.4 is 15.4 Å². The highest BCUT2D eigenvalue weighted by molar-refractivity contribution is 5.59. The zero-order valence-corrected chi connectivity index (χ0v) is 11.0. The Kier molecular flexibility index (Phi) is 3.57. The Hall–Kier alpha value is -1.22. The van der Waals surface area contributed by atoms with Gasteiger partial charge in [-0.3, -0.25) is 0 Å². The Morgan fingerprint density at radius 2 is 2.12 bits per heavy atom. The first-order valence-corrected chi connectivity index (χ1v) is 6.26. The average molecular weight is 234 g/mol. The molecule has 3 heteroatoms. The van der Waals surface area contributed by atoms with Crippen LogP contribution in [0.3, 0.4) is 0 Å². The molecule has 1 aromatic rings. The fourth-order valence-corrected chi connectivity index (χ4v) is 2.58. The number of hydrogen-bond donors (Lipinski definition) is 1. The second-order valence-corrected chi connectivity index (χ2v) is 4.94. The highest BCUT2D eigenvalue weighted by Crippen LogP contribution is 2.31. The summed E-state index contributed by atoms with van der Waals surface area (Å²) in [6.45, 7) is 7.24. The second kappa shape index (κ2) is 4.96. The van der Waals surface area contributed by atoms with E-state index in [9.17, 15) is 0 Å². The van der Waals surface area contributed by atoms with Crippen LogP contribution in [-0.2, 0) is 0 Å². The highest BCUT2D eigenvalue weighted by Gasteiger charge is 2.22. The lowest BCUT2D eigenvalue weighted by molar-refractivity contribution is 0.411. The minimum atomic E-state index is 0.650. The Bertz CT molecular complexity index is 403. The number of hydrogen-bond acceptors (Lipinski definition) is 3. The van der Waals surface area contributed by atoms with Crippen molar-refractivity contribution in [3.8, 4) is 5.75 Å². The fourth-order valence-electron chi connectivity index (χ4n) is 2.58. The van der Waals surface area contributed by atoms with Gasteiger partial charge in [0.2, 0.25) is 0 Å². The van der Waals surface area contributed by atoms with Crippen LogP contribution in [0.15, 0.2) is 12.1 Å². The van der Waals surface area contributed by atoms with Crippen LogP contribution in [0.25, 0.3) is 0 Å². The zero-order valence-electron chi connectivity index (χ0n) is 11.0. The van der Waals surface area contributed by atoms with Gasteiger partial charge in [0.25, 0.3) is 0 Å². The predicted octanol–water partition coefficient (Wildman–Crippen LogP) is 2.10. The molecule has 1 saturated heterocycles. The number of anilines is 1. The summed E-state index contributed by atoms with van der Waals surface area (Å²) in [5.74, 6) is 1.62. The van der Waals surface area contributed by atoms with Gasteiger partial charge in [0.15, 0.2) is 0 Å². The van der Waals surface area contributed by atoms with Gasteiger partial charge < -0.3 is 15.4 Å². The van der Waals surface area contributed by atoms with Crippen molar-refractivity contribution in [2.45, 2.75) is 20.3 Å². The Labute approximate surface area is 104 Å². The summed E-state index contributed by atoms with van der Waals surface area (Å²) in [6.07, 6.45) is 1.21. The molecule has 0 spiro atoms. The first-order chi connectivity index (χ1) is 8.15. The molecule has 1 aliphatic rings. The van der Waals surface area contributed by atoms with Crippen LogP contribution in [0.4, 0.5) is 5.69 Å². The van der Waals surface area contributed by atoms with Crippen LogP contribution >= 0.6 is 0 Å². The zero-order chi connectivity index (χ0) is 12.4. The Morgan fingerprint density at radius 3 is 2.71 bits per heavy atom. The van der Waals surface area contributed by atoms with Crippen LogP contribution in [0.2, 0.25) is 0 Å². The number of rotatable bonds is 3. The molecular formula is C14H22N2O. The van der Waals surface area contributed by atoms with E-state index in [1.165, 1.54) is 23.2 Å². The third-order valence-corrected chi connectivity index (χ3v) is 3.67. The van der Waals surface area contributed by atoms with E-state index in [0.29, 0.717) is 5.92 Å². The molecule has 1 aromatic carbocycles. The van der Waals surface area contributed by atoms with Gasteiger partial charge in [-0.05, 0) is 56.0 Å². The lowest BCUT2D eigenvalue weighted by Gasteiger charge is -2.22. The van der Waals surface area contributed by atoms with Gasteiger partial charge in [0.1, 0.15) is 5.75 Å². The van der Waals surface area contributed by atoms with Crippen molar-refractivity contribution in [3.63, 3.8) is 0 Å². The minimum Gasteiger partial charge on any atom is -0.496 e. The molecule has 0 saturated carbocycles. The van der Waals surface area contributed by atoms with Gasteiger partial charge >= 0.3 is 0 Å². The van der Waals surface area contributed by atoms with Gasteiger partial charge in [-0.1, -0.05) is 0 Å². The Balaban J connectivity index is 2.24. The lowest BCUT2D eigenvalue weighted by atomic mass is 10.1. The van der Waals surface area contributed by atoms with E-state index in [1.54, 1.807) is 7.11 Å². The quantitative estimate of drug-likeness (QED) is 0.870. The van der Waals surface area contributed by atoms with Crippen molar-refractivity contribution in [2.24, 2.45) is 11.7 Å². The maximum absolute atomic E-state index is 5.74. The van der Waals surface area contributed by atoms with Gasteiger partial charge in [-0.2, -0.15) is 0 Å². The largest absolute Gasteiger partial charge is 0.496 e. The van der Waals surface area contributed by atoms with Crippen molar-refractivity contribution >= 4 is 5.69 Å². The molecule has 1 aliphatic heterocycles. The van der Waals surface area contributed by atoms with Crippen molar-refractivity contribution in [1.82, 2.24) is 0 Å². The molecule has 2 N–H and O–H groups in total. The summed E-state index contributed by atoms with van der Waals surface area (Å²) in [6, 6.07) is 4.35. The molecule has 3 nitrogen and oxygen atoms in total. The third-order valence-electron chi connectivity index (χ3n) is 3.67. The molecule has 0 aromatic heterocycles. The summed E-state index contributed by atoms with van der Waals surface area (Å²) in [7, 11) is 1.72. The first kappa shape index (κ1) is 12.2. The van der Waals surface area contributed by atoms with E-state index in [-0.39, 0.29) is 0 Å². The van der Waals surface area contributed by atoms with E-state index in [0.717, 1.165) is 25.4 Å². The van der Waals surface area contributed by atoms with Crippen LogP contribution in [0, 0.1) is 19.8 Å². The van der Waals surface area contributed by atoms with Crippen molar-refractivity contribution in [2.75, 3.05) is 31.6 Å². The van der Waals surface area contributed by atoms with Gasteiger partial charge in [0.05, 0.1) is 7.11 Å². The lowest BCUT2D eigenvalue weighted by Crippen LogP contribution is -2.23. The smallest absolute Gasteiger partial charge is 0.122 e. The van der Waals surface area contributed by atoms with Crippen LogP contribution in [0.5, 0.6) is 5.75 Å². The van der Waals surface area contributed by atoms with Gasteiger partial charge in [0, 0.05) is 18.8 Å². The number of aryl methyl sites for hydroxylation is 2. The van der Waals surface area contributed by atoms with Crippen LogP contribution in [0.1, 0.15) is 17.5 Å². The first-order valence-electron chi connectivity index (χ1n) is 6.26. The summed E-state index contributed by atoms with van der Waals surface area (Å²) in [5.41, 5.74) is 9.55. The van der Waals surface area contributed by atoms with Crippen molar-refractivity contribution in [1.29, 1.82) is 0 Å². The second-order valence-electron chi connectivity index (χ2n) is 4.94. The molecule has 2 rings (SSSR count). The SMILES string of the molecule is COc1cc(C)c(N2CCC(CN)C2)cc1C. The summed E-state index contributed by atoms with van der Waals surface area (Å²) >= 11 is 0. The monoisotopic (exact) mass is 234 g/mol. The van der Waals surface area contributed by atoms with E-state index < -0.39 is 0 Å². The highest BCUT2D eigenvalue weighted by atomic mass is 16.5. The van der Waals surface area contributed by atoms with E-state index >= 15 is 0 Å². The fraction of sp³-hybridized carbons (Fsp3) is 0.571. The molecule has 1 atom stereocenters. The molecule has 0 amide bonds. The normalized spacial score (nSPS) is 19.8. The average Bonchev–Trinajstić information content (AvgIpc) is 2.80. The minimum absolute atomic E-state index is 0.650. The predicted molar refractivity (Wildman–Crippen MR) is 71.8 cm³/mol. The van der Waals surface area contributed by atoms with E-state index in [4.69, 9.17) is 10.5 Å². The molecule has 0 bridgehead atoms. The Morgan fingerprint density at radius 1 is 1.35 bits per heavy atom. The summed E-state index contributed by atoms with van der Waals surface area (Å²) in [5, 5.41) is 0. The third kappa shape index (κ3) is 2.39. The molecule has 1 fully saturated rings. The topological polar surface area (TPSA) is 38.5 Å².